The van der Waals surface area contributed by atoms with Gasteiger partial charge in [0, 0.05) is 0 Å². The molecule has 79 heavy (non-hydrogen) atoms. The molecule has 8 aromatic rings. The maximum absolute atomic E-state index is 7.43. The fourth-order valence-electron chi connectivity index (χ4n) is 9.85. The van der Waals surface area contributed by atoms with Crippen molar-refractivity contribution >= 4 is 0 Å². The Hall–Kier alpha value is -6.68. The zero-order valence-electron chi connectivity index (χ0n) is 44.4. The lowest BCUT2D eigenvalue weighted by molar-refractivity contribution is -0.394. The Balaban J connectivity index is 1.04. The van der Waals surface area contributed by atoms with Crippen LogP contribution in [0.3, 0.4) is 0 Å². The molecule has 2 aliphatic heterocycles. The van der Waals surface area contributed by atoms with Gasteiger partial charge in [-0.05, 0) is 44.5 Å². The van der Waals surface area contributed by atoms with Crippen LogP contribution in [0.15, 0.2) is 243 Å². The van der Waals surface area contributed by atoms with Crippen molar-refractivity contribution in [1.82, 2.24) is 0 Å². The van der Waals surface area contributed by atoms with Gasteiger partial charge in [-0.2, -0.15) is 0 Å². The van der Waals surface area contributed by atoms with E-state index in [-0.39, 0.29) is 52.9 Å². The summed E-state index contributed by atoms with van der Waals surface area (Å²) in [6.45, 7) is 2.47. The first-order valence-corrected chi connectivity index (χ1v) is 27.3. The fraction of sp³-hybridized carbons (Fsp3) is 0.294. The maximum Gasteiger partial charge on any atom is 0.190 e. The molecule has 2 saturated heterocycles. The van der Waals surface area contributed by atoms with Gasteiger partial charge < -0.3 is 52.1 Å². The molecular weight excluding hydrogens is 993 g/mol. The zero-order valence-corrected chi connectivity index (χ0v) is 44.4. The normalized spacial score (nSPS) is 23.0. The Kier molecular flexibility index (Phi) is 21.2. The first kappa shape index (κ1) is 55.6. The molecule has 11 nitrogen and oxygen atoms in total. The number of ether oxygens (including phenoxy) is 11. The lowest BCUT2D eigenvalue weighted by atomic mass is 9.96. The third-order valence-corrected chi connectivity index (χ3v) is 13.9. The summed E-state index contributed by atoms with van der Waals surface area (Å²) in [4.78, 5) is 0. The van der Waals surface area contributed by atoms with Crippen molar-refractivity contribution < 1.29 is 52.1 Å². The van der Waals surface area contributed by atoms with E-state index in [9.17, 15) is 0 Å². The highest BCUT2D eigenvalue weighted by Gasteiger charge is 2.54. The first-order chi connectivity index (χ1) is 39.2. The molecule has 0 radical (unpaired) electrons. The Labute approximate surface area is 464 Å². The molecule has 2 aliphatic rings. The number of benzene rings is 8. The van der Waals surface area contributed by atoms with E-state index in [1.807, 2.05) is 243 Å². The van der Waals surface area contributed by atoms with E-state index >= 15 is 0 Å². The second-order valence-electron chi connectivity index (χ2n) is 19.8. The van der Waals surface area contributed by atoms with Gasteiger partial charge in [-0.15, -0.1) is 0 Å². The van der Waals surface area contributed by atoms with Crippen molar-refractivity contribution in [2.75, 3.05) is 13.2 Å². The highest BCUT2D eigenvalue weighted by atomic mass is 16.8. The van der Waals surface area contributed by atoms with Crippen LogP contribution in [0.2, 0.25) is 0 Å². The van der Waals surface area contributed by atoms with E-state index in [1.54, 1.807) is 0 Å². The first-order valence-electron chi connectivity index (χ1n) is 27.3. The smallest absolute Gasteiger partial charge is 0.190 e. The summed E-state index contributed by atoms with van der Waals surface area (Å²) < 4.78 is 77.6. The number of hydrogen-bond acceptors (Lipinski definition) is 11. The zero-order chi connectivity index (χ0) is 53.5. The van der Waals surface area contributed by atoms with Crippen molar-refractivity contribution in [3.8, 4) is 0 Å². The van der Waals surface area contributed by atoms with Gasteiger partial charge in [0.2, 0.25) is 0 Å². The second kappa shape index (κ2) is 30.1. The van der Waals surface area contributed by atoms with Crippen LogP contribution < -0.4 is 0 Å². The van der Waals surface area contributed by atoms with Crippen LogP contribution in [0.5, 0.6) is 0 Å². The van der Waals surface area contributed by atoms with E-state index in [2.05, 4.69) is 0 Å². The molecule has 0 aliphatic carbocycles. The van der Waals surface area contributed by atoms with Crippen molar-refractivity contribution in [2.45, 2.75) is 114 Å². The van der Waals surface area contributed by atoms with Gasteiger partial charge in [0.15, 0.2) is 12.6 Å². The van der Waals surface area contributed by atoms with E-state index < -0.39 is 61.4 Å². The highest BCUT2D eigenvalue weighted by molar-refractivity contribution is 5.20. The molecule has 8 aromatic carbocycles. The van der Waals surface area contributed by atoms with Crippen molar-refractivity contribution in [3.63, 3.8) is 0 Å². The average Bonchev–Trinajstić information content (AvgIpc) is 3.56. The maximum atomic E-state index is 7.43. The molecule has 0 unspecified atom stereocenters. The van der Waals surface area contributed by atoms with E-state index in [1.165, 1.54) is 0 Å². The van der Waals surface area contributed by atoms with Gasteiger partial charge in [0.05, 0.1) is 66.1 Å². The predicted molar refractivity (Wildman–Crippen MR) is 301 cm³/mol. The van der Waals surface area contributed by atoms with Crippen LogP contribution in [0, 0.1) is 0 Å². The third kappa shape index (κ3) is 16.7. The fourth-order valence-corrected chi connectivity index (χ4v) is 9.85. The summed E-state index contributed by atoms with van der Waals surface area (Å²) in [5.74, 6) is 0. The third-order valence-electron chi connectivity index (χ3n) is 13.9. The van der Waals surface area contributed by atoms with Crippen LogP contribution in [-0.4, -0.2) is 74.6 Å². The van der Waals surface area contributed by atoms with Crippen molar-refractivity contribution in [3.05, 3.63) is 287 Å². The van der Waals surface area contributed by atoms with Gasteiger partial charge in [-0.1, -0.05) is 243 Å². The second-order valence-corrected chi connectivity index (χ2v) is 19.8. The van der Waals surface area contributed by atoms with Gasteiger partial charge in [0.25, 0.3) is 0 Å². The van der Waals surface area contributed by atoms with Gasteiger partial charge in [-0.3, -0.25) is 0 Å². The molecule has 0 amide bonds. The average molecular weight is 1060 g/mol. The Morgan fingerprint density at radius 2 is 0.430 bits per heavy atom. The molecule has 11 heteroatoms. The summed E-state index contributed by atoms with van der Waals surface area (Å²) in [5.41, 5.74) is 7.91. The van der Waals surface area contributed by atoms with Crippen LogP contribution in [-0.2, 0) is 105 Å². The molecule has 408 valence electrons. The monoisotopic (exact) mass is 1060 g/mol. The molecule has 0 bridgehead atoms. The van der Waals surface area contributed by atoms with Crippen LogP contribution >= 0.6 is 0 Å². The minimum absolute atomic E-state index is 0.137. The van der Waals surface area contributed by atoms with Crippen LogP contribution in [0.4, 0.5) is 0 Å². The van der Waals surface area contributed by atoms with Crippen LogP contribution in [0.1, 0.15) is 44.5 Å². The van der Waals surface area contributed by atoms with Gasteiger partial charge in [-0.25, -0.2) is 0 Å². The van der Waals surface area contributed by atoms with E-state index in [4.69, 9.17) is 52.1 Å². The molecule has 0 saturated carbocycles. The predicted octanol–water partition coefficient (Wildman–Crippen LogP) is 12.4. The minimum atomic E-state index is -1.14. The molecule has 10 rings (SSSR count). The molecule has 0 aromatic heterocycles. The summed E-state index contributed by atoms with van der Waals surface area (Å²) >= 11 is 0. The van der Waals surface area contributed by atoms with Gasteiger partial charge in [0.1, 0.15) is 48.8 Å². The topological polar surface area (TPSA) is 102 Å². The molecule has 2 fully saturated rings. The summed E-state index contributed by atoms with van der Waals surface area (Å²) in [6, 6.07) is 80.6. The SMILES string of the molecule is c1ccc(COC[C@H]2O[C@@H](O[C@H]3O[C@H](COCc4ccccc4)[C@@H](OCc4ccccc4)[C@H](OCc4ccccc4)[C@H]3OCc3ccccc3)[C@H](OCc3ccccc3)[C@@H](OCc3ccccc3)[C@@H]2OCc2ccccc2)cc1. The number of rotatable bonds is 28. The molecule has 2 heterocycles. The number of hydrogen-bond donors (Lipinski definition) is 0. The Morgan fingerprint density at radius 3 is 0.671 bits per heavy atom. The lowest BCUT2D eigenvalue weighted by Gasteiger charge is -2.49. The van der Waals surface area contributed by atoms with E-state index in [0.29, 0.717) is 13.2 Å². The Bertz CT molecular complexity index is 2690. The molecule has 10 atom stereocenters. The van der Waals surface area contributed by atoms with Crippen molar-refractivity contribution in [1.29, 1.82) is 0 Å². The summed E-state index contributed by atoms with van der Waals surface area (Å²) in [5, 5.41) is 0. The Morgan fingerprint density at radius 1 is 0.228 bits per heavy atom. The molecule has 0 N–H and O–H groups in total. The molecular formula is C68H70O11. The quantitative estimate of drug-likeness (QED) is 0.0469. The van der Waals surface area contributed by atoms with E-state index in [0.717, 1.165) is 44.5 Å². The van der Waals surface area contributed by atoms with Gasteiger partial charge >= 0.3 is 0 Å². The lowest BCUT2D eigenvalue weighted by Crippen LogP contribution is -2.66. The van der Waals surface area contributed by atoms with Crippen LogP contribution in [0.25, 0.3) is 0 Å². The largest absolute Gasteiger partial charge is 0.374 e. The standard InChI is InChI=1S/C68H70O11/c1-9-25-51(26-10-1)41-69-49-59-61(71-43-53-29-13-3-14-30-53)63(73-45-55-33-17-5-18-34-55)65(75-47-57-37-21-7-22-38-57)67(77-59)79-68-66(76-48-58-39-23-8-24-40-58)64(74-46-56-35-19-6-20-36-56)62(72-44-54-31-15-4-16-32-54)60(78-68)50-70-42-52-27-11-2-12-28-52/h1-40,59-68H,41-50H2/t59-,60-,61-,62-,63+,64+,65-,66-,67-,68+/m1/s1. The molecule has 0 spiro atoms. The van der Waals surface area contributed by atoms with Crippen molar-refractivity contribution in [2.24, 2.45) is 0 Å². The minimum Gasteiger partial charge on any atom is -0.374 e. The summed E-state index contributed by atoms with van der Waals surface area (Å²) in [7, 11) is 0. The highest BCUT2D eigenvalue weighted by Crippen LogP contribution is 2.37. The summed E-state index contributed by atoms with van der Waals surface area (Å²) in [6.07, 6.45) is -8.43.